The van der Waals surface area contributed by atoms with Crippen molar-refractivity contribution < 1.29 is 9.90 Å². The predicted molar refractivity (Wildman–Crippen MR) is 187 cm³/mol. The van der Waals surface area contributed by atoms with E-state index in [9.17, 15) is 9.90 Å². The van der Waals surface area contributed by atoms with Crippen molar-refractivity contribution in [2.75, 3.05) is 0 Å². The molecule has 0 bridgehead atoms. The Morgan fingerprint density at radius 2 is 0.915 bits per heavy atom. The average molecular weight is 608 g/mol. The minimum absolute atomic E-state index is 0.0494. The third-order valence-electron chi connectivity index (χ3n) is 7.89. The Morgan fingerprint density at radius 3 is 1.26 bits per heavy atom. The zero-order valence-electron chi connectivity index (χ0n) is 25.4. The van der Waals surface area contributed by atoms with Crippen molar-refractivity contribution in [3.05, 3.63) is 218 Å². The number of rotatable bonds is 10. The van der Waals surface area contributed by atoms with Gasteiger partial charge in [-0.3, -0.25) is 0 Å². The number of hydrogen-bond acceptors (Lipinski definition) is 2. The number of carbonyl (C=O) groups is 1. The van der Waals surface area contributed by atoms with Crippen LogP contribution in [-0.4, -0.2) is 11.1 Å². The molecule has 0 saturated heterocycles. The highest BCUT2D eigenvalue weighted by Gasteiger charge is 2.20. The first kappa shape index (κ1) is 31.7. The number of nitrogens with zero attached hydrogens (tertiary/aromatic N) is 3. The molecule has 0 spiro atoms. The lowest BCUT2D eigenvalue weighted by atomic mass is 9.81. The molecule has 0 saturated carbocycles. The van der Waals surface area contributed by atoms with Gasteiger partial charge in [0, 0.05) is 11.8 Å². The summed E-state index contributed by atoms with van der Waals surface area (Å²) in [6.07, 6.45) is 7.86. The van der Waals surface area contributed by atoms with Crippen LogP contribution < -0.4 is 0 Å². The molecule has 5 nitrogen and oxygen atoms in total. The molecular weight excluding hydrogens is 578 g/mol. The Hall–Kier alpha value is -6.74. The van der Waals surface area contributed by atoms with E-state index in [1.54, 1.807) is 18.2 Å². The van der Waals surface area contributed by atoms with Crippen LogP contribution in [0.4, 0.5) is 0 Å². The first-order valence-corrected chi connectivity index (χ1v) is 14.9. The number of carboxylic acid groups (broad SMARTS) is 1. The van der Waals surface area contributed by atoms with E-state index in [0.29, 0.717) is 5.56 Å². The molecule has 0 aliphatic heterocycles. The smallest absolute Gasteiger partial charge is 0.346 e. The molecule has 0 aliphatic rings. The zero-order valence-corrected chi connectivity index (χ0v) is 25.4. The molecule has 5 aromatic carbocycles. The third-order valence-corrected chi connectivity index (χ3v) is 7.89. The molecule has 224 valence electrons. The molecule has 5 heteroatoms. The minimum Gasteiger partial charge on any atom is -0.477 e. The third kappa shape index (κ3) is 7.86. The second-order valence-electron chi connectivity index (χ2n) is 10.8. The first-order valence-electron chi connectivity index (χ1n) is 14.9. The van der Waals surface area contributed by atoms with Gasteiger partial charge in [0.1, 0.15) is 11.6 Å². The molecule has 1 N–H and O–H groups in total. The Morgan fingerprint density at radius 1 is 0.574 bits per heavy atom. The summed E-state index contributed by atoms with van der Waals surface area (Å²) in [5.74, 6) is -1.37. The summed E-state index contributed by atoms with van der Waals surface area (Å²) < 4.78 is 0. The summed E-state index contributed by atoms with van der Waals surface area (Å²) in [4.78, 5) is 18.0. The van der Waals surface area contributed by atoms with Gasteiger partial charge in [-0.2, -0.15) is 5.26 Å². The van der Waals surface area contributed by atoms with Gasteiger partial charge in [-0.25, -0.2) is 14.5 Å². The largest absolute Gasteiger partial charge is 0.477 e. The van der Waals surface area contributed by atoms with E-state index in [4.69, 9.17) is 18.4 Å². The number of carboxylic acids is 1. The predicted octanol–water partition coefficient (Wildman–Crippen LogP) is 9.82. The molecule has 1 unspecified atom stereocenters. The van der Waals surface area contributed by atoms with Crippen LogP contribution in [0.1, 0.15) is 61.9 Å². The summed E-state index contributed by atoms with van der Waals surface area (Å²) in [7, 11) is 0. The zero-order chi connectivity index (χ0) is 33.0. The molecule has 47 heavy (non-hydrogen) atoms. The number of nitriles is 1. The molecule has 5 rings (SSSR count). The van der Waals surface area contributed by atoms with Gasteiger partial charge in [0.2, 0.25) is 0 Å². The topological polar surface area (TPSA) is 69.8 Å². The summed E-state index contributed by atoms with van der Waals surface area (Å²) in [5, 5.41) is 18.4. The van der Waals surface area contributed by atoms with Crippen LogP contribution in [-0.2, 0) is 4.79 Å². The second kappa shape index (κ2) is 15.3. The van der Waals surface area contributed by atoms with Gasteiger partial charge in [0.05, 0.1) is 13.1 Å². The fourth-order valence-corrected chi connectivity index (χ4v) is 5.62. The summed E-state index contributed by atoms with van der Waals surface area (Å²) in [6.45, 7) is 14.1. The Kier molecular flexibility index (Phi) is 10.3. The molecule has 0 aromatic heterocycles. The quantitative estimate of drug-likeness (QED) is 0.0744. The highest BCUT2D eigenvalue weighted by molar-refractivity contribution is 5.96. The molecule has 0 amide bonds. The Balaban J connectivity index is 1.54. The van der Waals surface area contributed by atoms with E-state index >= 15 is 0 Å². The van der Waals surface area contributed by atoms with E-state index in [1.165, 1.54) is 18.5 Å². The lowest BCUT2D eigenvalue weighted by molar-refractivity contribution is -0.132. The van der Waals surface area contributed by atoms with Crippen molar-refractivity contribution in [3.8, 4) is 6.07 Å². The normalized spacial score (nSPS) is 12.6. The van der Waals surface area contributed by atoms with Gasteiger partial charge in [-0.1, -0.05) is 140 Å². The fourth-order valence-electron chi connectivity index (χ4n) is 5.62. The Labute approximate surface area is 275 Å². The van der Waals surface area contributed by atoms with Crippen LogP contribution >= 0.6 is 0 Å². The van der Waals surface area contributed by atoms with Gasteiger partial charge >= 0.3 is 5.97 Å². The van der Waals surface area contributed by atoms with Crippen molar-refractivity contribution in [1.82, 2.24) is 0 Å². The van der Waals surface area contributed by atoms with Crippen molar-refractivity contribution in [2.24, 2.45) is 0 Å². The molecule has 0 radical (unpaired) electrons. The van der Waals surface area contributed by atoms with Gasteiger partial charge in [0.25, 0.3) is 0 Å². The van der Waals surface area contributed by atoms with Gasteiger partial charge in [-0.05, 0) is 56.1 Å². The highest BCUT2D eigenvalue weighted by Crippen LogP contribution is 2.36. The highest BCUT2D eigenvalue weighted by atomic mass is 16.4. The number of benzene rings is 5. The van der Waals surface area contributed by atoms with Crippen LogP contribution in [0.3, 0.4) is 0 Å². The van der Waals surface area contributed by atoms with E-state index in [1.807, 2.05) is 66.7 Å². The summed E-state index contributed by atoms with van der Waals surface area (Å²) in [5.41, 5.74) is 8.85. The fraction of sp³-hybridized carbons (Fsp3) is 0.0476. The van der Waals surface area contributed by atoms with Crippen molar-refractivity contribution in [1.29, 1.82) is 5.26 Å². The maximum atomic E-state index is 11.3. The summed E-state index contributed by atoms with van der Waals surface area (Å²) >= 11 is 0. The van der Waals surface area contributed by atoms with Gasteiger partial charge < -0.3 is 5.11 Å². The summed E-state index contributed by atoms with van der Waals surface area (Å²) in [6, 6.07) is 44.7. The van der Waals surface area contributed by atoms with Crippen LogP contribution in [0.15, 0.2) is 145 Å². The van der Waals surface area contributed by atoms with Crippen LogP contribution in [0.5, 0.6) is 0 Å². The van der Waals surface area contributed by atoms with E-state index in [2.05, 4.69) is 70.4 Å². The SMILES string of the molecule is [C-]#[N+]C=Cc1ccc(C(c2ccc(C=C[N+]#[C-])cc2)c2ccc(C(c3ccccc3)c3ccc(C=C(C#N)C(=O)O)cc3)cc2)cc1. The van der Waals surface area contributed by atoms with E-state index < -0.39 is 5.97 Å². The maximum absolute atomic E-state index is 11.3. The number of aliphatic carboxylic acids is 1. The monoisotopic (exact) mass is 607 g/mol. The molecule has 5 aromatic rings. The van der Waals surface area contributed by atoms with Crippen LogP contribution in [0, 0.1) is 24.5 Å². The van der Waals surface area contributed by atoms with Crippen molar-refractivity contribution in [2.45, 2.75) is 11.8 Å². The maximum Gasteiger partial charge on any atom is 0.346 e. The molecule has 0 aliphatic carbocycles. The molecular formula is C42H29N3O2. The second-order valence-corrected chi connectivity index (χ2v) is 10.8. The Bertz CT molecular complexity index is 1990. The lowest BCUT2D eigenvalue weighted by Crippen LogP contribution is -2.06. The molecule has 0 fully saturated rings. The standard InChI is InChI=1S/C42H29N3O2/c1-44-26-24-30-8-14-34(15-9-30)41(35-16-10-31(11-17-35)25-27-45-2)38-22-20-37(21-23-38)40(33-6-4-3-5-7-33)36-18-12-32(13-19-36)28-39(29-43)42(46)47/h3-28,40-41H,(H,46,47). The van der Waals surface area contributed by atoms with Gasteiger partial charge in [0.15, 0.2) is 12.4 Å². The average Bonchev–Trinajstić information content (AvgIpc) is 3.11. The molecule has 0 heterocycles. The van der Waals surface area contributed by atoms with Crippen LogP contribution in [0.2, 0.25) is 0 Å². The van der Waals surface area contributed by atoms with E-state index in [0.717, 1.165) is 44.5 Å². The first-order chi connectivity index (χ1) is 23.0. The minimum atomic E-state index is -1.25. The van der Waals surface area contributed by atoms with Gasteiger partial charge in [-0.15, -0.1) is 0 Å². The van der Waals surface area contributed by atoms with Crippen molar-refractivity contribution >= 4 is 24.2 Å². The van der Waals surface area contributed by atoms with E-state index in [-0.39, 0.29) is 17.4 Å². The molecule has 1 atom stereocenters. The lowest BCUT2D eigenvalue weighted by Gasteiger charge is -2.22. The van der Waals surface area contributed by atoms with Crippen LogP contribution in [0.25, 0.3) is 27.9 Å². The number of hydrogen-bond donors (Lipinski definition) is 1. The van der Waals surface area contributed by atoms with Crippen molar-refractivity contribution in [3.63, 3.8) is 0 Å².